The molecule has 0 N–H and O–H groups in total. The summed E-state index contributed by atoms with van der Waals surface area (Å²) in [4.78, 5) is 0.0870. The zero-order valence-electron chi connectivity index (χ0n) is 11.8. The maximum atomic E-state index is 12.3. The number of nitrogens with zero attached hydrogens (tertiary/aromatic N) is 1. The molecule has 0 aromatic heterocycles. The van der Waals surface area contributed by atoms with Gasteiger partial charge in [-0.3, -0.25) is 0 Å². The van der Waals surface area contributed by atoms with E-state index in [9.17, 15) is 8.42 Å². The fraction of sp³-hybridized carbons (Fsp3) is 0.188. The van der Waals surface area contributed by atoms with E-state index in [1.807, 2.05) is 18.2 Å². The number of benzene rings is 2. The molecular formula is C16H15NO4S. The number of hydrogen-bond donors (Lipinski definition) is 0. The number of hydrogen-bond acceptors (Lipinski definition) is 4. The van der Waals surface area contributed by atoms with Gasteiger partial charge in [0.2, 0.25) is 0 Å². The third kappa shape index (κ3) is 3.28. The number of rotatable bonds is 3. The van der Waals surface area contributed by atoms with E-state index in [0.29, 0.717) is 24.7 Å². The second-order valence-corrected chi connectivity index (χ2v) is 6.41. The monoisotopic (exact) mass is 317 g/mol. The Balaban J connectivity index is 1.89. The van der Waals surface area contributed by atoms with Crippen LogP contribution in [0.3, 0.4) is 0 Å². The second-order valence-electron chi connectivity index (χ2n) is 4.78. The standard InChI is InChI=1S/C16H15NO4S/c18-22(19,17-12-13-5-2-1-3-6-13)14-7-8-15-16(11-14)21-10-4-9-20-15/h1-3,5-8,11-12H,4,9-10H2. The predicted molar refractivity (Wildman–Crippen MR) is 83.3 cm³/mol. The molecule has 6 heteroatoms. The number of fused-ring (bicyclic) bond motifs is 1. The van der Waals surface area contributed by atoms with E-state index in [-0.39, 0.29) is 4.90 Å². The molecule has 0 spiro atoms. The number of ether oxygens (including phenoxy) is 2. The highest BCUT2D eigenvalue weighted by Crippen LogP contribution is 2.32. The van der Waals surface area contributed by atoms with Gasteiger partial charge in [-0.2, -0.15) is 12.8 Å². The topological polar surface area (TPSA) is 65.0 Å². The Hall–Kier alpha value is -2.34. The van der Waals surface area contributed by atoms with Gasteiger partial charge in [0.15, 0.2) is 11.5 Å². The van der Waals surface area contributed by atoms with Crippen molar-refractivity contribution < 1.29 is 17.9 Å². The third-order valence-corrected chi connectivity index (χ3v) is 4.39. The van der Waals surface area contributed by atoms with E-state index in [2.05, 4.69) is 4.40 Å². The largest absolute Gasteiger partial charge is 0.490 e. The molecule has 22 heavy (non-hydrogen) atoms. The van der Waals surface area contributed by atoms with Gasteiger partial charge in [-0.1, -0.05) is 30.3 Å². The van der Waals surface area contributed by atoms with Gasteiger partial charge < -0.3 is 9.47 Å². The fourth-order valence-corrected chi connectivity index (χ4v) is 2.91. The second kappa shape index (κ2) is 6.19. The van der Waals surface area contributed by atoms with Gasteiger partial charge in [-0.25, -0.2) is 0 Å². The summed E-state index contributed by atoms with van der Waals surface area (Å²) in [5.41, 5.74) is 0.723. The molecule has 2 aromatic carbocycles. The normalized spacial score (nSPS) is 14.7. The molecule has 0 aliphatic carbocycles. The lowest BCUT2D eigenvalue weighted by atomic mass is 10.2. The Morgan fingerprint density at radius 2 is 1.68 bits per heavy atom. The molecule has 0 fully saturated rings. The molecule has 2 aromatic rings. The van der Waals surface area contributed by atoms with Crippen LogP contribution in [-0.2, 0) is 10.0 Å². The van der Waals surface area contributed by atoms with Crippen molar-refractivity contribution in [1.29, 1.82) is 0 Å². The molecule has 5 nitrogen and oxygen atoms in total. The Morgan fingerprint density at radius 1 is 0.955 bits per heavy atom. The minimum absolute atomic E-state index is 0.0870. The average Bonchev–Trinajstić information content (AvgIpc) is 2.78. The first kappa shape index (κ1) is 14.6. The van der Waals surface area contributed by atoms with Gasteiger partial charge in [0, 0.05) is 18.7 Å². The number of sulfonamides is 1. The zero-order chi connectivity index (χ0) is 15.4. The summed E-state index contributed by atoms with van der Waals surface area (Å²) in [6.07, 6.45) is 2.10. The molecule has 0 unspecified atom stereocenters. The first-order valence-corrected chi connectivity index (χ1v) is 8.34. The van der Waals surface area contributed by atoms with Crippen molar-refractivity contribution in [2.75, 3.05) is 13.2 Å². The van der Waals surface area contributed by atoms with Gasteiger partial charge in [0.05, 0.1) is 18.1 Å². The quantitative estimate of drug-likeness (QED) is 0.816. The molecule has 0 radical (unpaired) electrons. The maximum Gasteiger partial charge on any atom is 0.282 e. The van der Waals surface area contributed by atoms with Crippen LogP contribution in [0.4, 0.5) is 0 Å². The van der Waals surface area contributed by atoms with Gasteiger partial charge in [0.25, 0.3) is 10.0 Å². The van der Waals surface area contributed by atoms with E-state index in [4.69, 9.17) is 9.47 Å². The summed E-state index contributed by atoms with van der Waals surface area (Å²) in [5, 5.41) is 0. The third-order valence-electron chi connectivity index (χ3n) is 3.16. The molecule has 1 heterocycles. The van der Waals surface area contributed by atoms with Crippen molar-refractivity contribution in [3.05, 3.63) is 54.1 Å². The summed E-state index contributed by atoms with van der Waals surface area (Å²) in [6.45, 7) is 1.06. The molecule has 0 atom stereocenters. The smallest absolute Gasteiger partial charge is 0.282 e. The van der Waals surface area contributed by atoms with E-state index in [0.717, 1.165) is 12.0 Å². The zero-order valence-corrected chi connectivity index (χ0v) is 12.6. The molecule has 114 valence electrons. The fourth-order valence-electron chi connectivity index (χ4n) is 2.03. The van der Waals surface area contributed by atoms with Crippen LogP contribution < -0.4 is 9.47 Å². The average molecular weight is 317 g/mol. The summed E-state index contributed by atoms with van der Waals surface area (Å²) >= 11 is 0. The molecule has 0 saturated heterocycles. The Bertz CT molecular complexity index is 785. The van der Waals surface area contributed by atoms with Crippen molar-refractivity contribution in [3.63, 3.8) is 0 Å². The van der Waals surface area contributed by atoms with Gasteiger partial charge in [0.1, 0.15) is 0 Å². The van der Waals surface area contributed by atoms with E-state index in [1.165, 1.54) is 18.3 Å². The van der Waals surface area contributed by atoms with Crippen LogP contribution in [0.5, 0.6) is 11.5 Å². The van der Waals surface area contributed by atoms with Crippen molar-refractivity contribution in [3.8, 4) is 11.5 Å². The van der Waals surface area contributed by atoms with Crippen LogP contribution in [-0.4, -0.2) is 27.8 Å². The van der Waals surface area contributed by atoms with Crippen molar-refractivity contribution in [2.24, 2.45) is 4.40 Å². The van der Waals surface area contributed by atoms with E-state index < -0.39 is 10.0 Å². The van der Waals surface area contributed by atoms with E-state index >= 15 is 0 Å². The summed E-state index contributed by atoms with van der Waals surface area (Å²) < 4.78 is 39.3. The minimum atomic E-state index is -3.77. The van der Waals surface area contributed by atoms with Crippen LogP contribution >= 0.6 is 0 Å². The highest BCUT2D eigenvalue weighted by Gasteiger charge is 2.17. The predicted octanol–water partition coefficient (Wildman–Crippen LogP) is 2.66. The maximum absolute atomic E-state index is 12.3. The van der Waals surface area contributed by atoms with E-state index in [1.54, 1.807) is 18.2 Å². The highest BCUT2D eigenvalue weighted by atomic mass is 32.2. The van der Waals surface area contributed by atoms with Crippen LogP contribution in [0.15, 0.2) is 57.8 Å². The highest BCUT2D eigenvalue weighted by molar-refractivity contribution is 7.90. The Labute approximate surface area is 129 Å². The lowest BCUT2D eigenvalue weighted by molar-refractivity contribution is 0.297. The molecular weight excluding hydrogens is 302 g/mol. The van der Waals surface area contributed by atoms with Crippen LogP contribution in [0.1, 0.15) is 12.0 Å². The summed E-state index contributed by atoms with van der Waals surface area (Å²) in [7, 11) is -3.77. The van der Waals surface area contributed by atoms with Crippen molar-refractivity contribution in [2.45, 2.75) is 11.3 Å². The van der Waals surface area contributed by atoms with Crippen molar-refractivity contribution >= 4 is 16.2 Å². The summed E-state index contributed by atoms with van der Waals surface area (Å²) in [6, 6.07) is 13.6. The van der Waals surface area contributed by atoms with Gasteiger partial charge in [-0.15, -0.1) is 0 Å². The van der Waals surface area contributed by atoms with Gasteiger partial charge >= 0.3 is 0 Å². The Morgan fingerprint density at radius 3 is 2.45 bits per heavy atom. The lowest BCUT2D eigenvalue weighted by Crippen LogP contribution is -2.00. The molecule has 1 aliphatic rings. The first-order valence-electron chi connectivity index (χ1n) is 6.90. The van der Waals surface area contributed by atoms with Crippen LogP contribution in [0.25, 0.3) is 0 Å². The molecule has 1 aliphatic heterocycles. The first-order chi connectivity index (χ1) is 10.6. The van der Waals surface area contributed by atoms with Gasteiger partial charge in [-0.05, 0) is 17.7 Å². The molecule has 0 amide bonds. The summed E-state index contributed by atoms with van der Waals surface area (Å²) in [5.74, 6) is 0.997. The molecule has 0 saturated carbocycles. The minimum Gasteiger partial charge on any atom is -0.490 e. The van der Waals surface area contributed by atoms with Crippen LogP contribution in [0, 0.1) is 0 Å². The molecule has 3 rings (SSSR count). The SMILES string of the molecule is O=S(=O)(N=Cc1ccccc1)c1ccc2c(c1)OCCCO2. The lowest BCUT2D eigenvalue weighted by Gasteiger charge is -2.08. The van der Waals surface area contributed by atoms with Crippen molar-refractivity contribution in [1.82, 2.24) is 0 Å². The van der Waals surface area contributed by atoms with Crippen LogP contribution in [0.2, 0.25) is 0 Å². The Kier molecular flexibility index (Phi) is 4.11. The molecule has 0 bridgehead atoms.